The Morgan fingerprint density at radius 3 is 3.26 bits per heavy atom. The summed E-state index contributed by atoms with van der Waals surface area (Å²) in [5, 5.41) is 2.76. The predicted molar refractivity (Wildman–Crippen MR) is 73.2 cm³/mol. The summed E-state index contributed by atoms with van der Waals surface area (Å²) < 4.78 is 5.67. The molecule has 1 amide bonds. The second-order valence-corrected chi connectivity index (χ2v) is 4.84. The minimum absolute atomic E-state index is 0.129. The Bertz CT molecular complexity index is 519. The van der Waals surface area contributed by atoms with Gasteiger partial charge in [0.25, 0.3) is 5.56 Å². The van der Waals surface area contributed by atoms with Crippen LogP contribution >= 0.6 is 15.9 Å². The quantitative estimate of drug-likeness (QED) is 0.806. The van der Waals surface area contributed by atoms with Crippen molar-refractivity contribution in [2.24, 2.45) is 0 Å². The molecule has 0 saturated carbocycles. The van der Waals surface area contributed by atoms with E-state index in [1.807, 2.05) is 6.92 Å². The Balaban J connectivity index is 2.31. The summed E-state index contributed by atoms with van der Waals surface area (Å²) in [5.41, 5.74) is -0.272. The molecule has 2 rings (SSSR count). The second-order valence-electron chi connectivity index (χ2n) is 4.05. The lowest BCUT2D eigenvalue weighted by atomic mass is 10.2. The first-order valence-electron chi connectivity index (χ1n) is 6.00. The highest BCUT2D eigenvalue weighted by molar-refractivity contribution is 9.10. The van der Waals surface area contributed by atoms with Gasteiger partial charge in [-0.05, 0) is 22.9 Å². The van der Waals surface area contributed by atoms with E-state index in [1.54, 1.807) is 4.90 Å². The van der Waals surface area contributed by atoms with Gasteiger partial charge in [-0.15, -0.1) is 0 Å². The van der Waals surface area contributed by atoms with Crippen molar-refractivity contribution >= 4 is 27.7 Å². The monoisotopic (exact) mass is 330 g/mol. The van der Waals surface area contributed by atoms with Gasteiger partial charge in [-0.3, -0.25) is 9.59 Å². The van der Waals surface area contributed by atoms with Crippen LogP contribution in [0.15, 0.2) is 15.6 Å². The maximum atomic E-state index is 12.0. The number of halogens is 1. The highest BCUT2D eigenvalue weighted by Crippen LogP contribution is 2.23. The van der Waals surface area contributed by atoms with E-state index >= 15 is 0 Å². The normalized spacial score (nSPS) is 19.3. The summed E-state index contributed by atoms with van der Waals surface area (Å²) in [4.78, 5) is 32.0. The minimum atomic E-state index is -0.473. The molecule has 19 heavy (non-hydrogen) atoms. The smallest absolute Gasteiger partial charge is 0.267 e. The Hall–Kier alpha value is -1.41. The Morgan fingerprint density at radius 1 is 1.74 bits per heavy atom. The number of ether oxygens (including phenoxy) is 1. The molecule has 1 unspecified atom stereocenters. The van der Waals surface area contributed by atoms with E-state index in [0.29, 0.717) is 30.0 Å². The SMILES string of the molecule is CCNC(=O)C1COCCN1c1nc[nH]c(=O)c1Br. The largest absolute Gasteiger partial charge is 0.377 e. The molecule has 2 N–H and O–H groups in total. The van der Waals surface area contributed by atoms with Crippen LogP contribution in [-0.2, 0) is 9.53 Å². The van der Waals surface area contributed by atoms with Crippen molar-refractivity contribution in [2.45, 2.75) is 13.0 Å². The minimum Gasteiger partial charge on any atom is -0.377 e. The molecule has 1 atom stereocenters. The first-order valence-corrected chi connectivity index (χ1v) is 6.79. The van der Waals surface area contributed by atoms with Crippen LogP contribution < -0.4 is 15.8 Å². The average Bonchev–Trinajstić information content (AvgIpc) is 2.42. The van der Waals surface area contributed by atoms with Crippen molar-refractivity contribution in [3.05, 3.63) is 21.2 Å². The van der Waals surface area contributed by atoms with E-state index in [4.69, 9.17) is 4.74 Å². The van der Waals surface area contributed by atoms with Crippen molar-refractivity contribution in [1.29, 1.82) is 0 Å². The molecule has 1 fully saturated rings. The Kier molecular flexibility index (Phi) is 4.54. The standard InChI is InChI=1S/C11H15BrN4O3/c1-2-13-10(17)7-5-19-4-3-16(7)9-8(12)11(18)15-6-14-9/h6-7H,2-5H2,1H3,(H,13,17)(H,14,15,18). The molecule has 0 bridgehead atoms. The van der Waals surface area contributed by atoms with Crippen LogP contribution in [0.4, 0.5) is 5.82 Å². The van der Waals surface area contributed by atoms with Gasteiger partial charge in [0, 0.05) is 13.1 Å². The molecule has 1 aliphatic rings. The van der Waals surface area contributed by atoms with Crippen LogP contribution in [0.3, 0.4) is 0 Å². The van der Waals surface area contributed by atoms with E-state index in [9.17, 15) is 9.59 Å². The van der Waals surface area contributed by atoms with E-state index in [2.05, 4.69) is 31.2 Å². The van der Waals surface area contributed by atoms with Crippen LogP contribution in [0.1, 0.15) is 6.92 Å². The van der Waals surface area contributed by atoms with Crippen LogP contribution in [0.2, 0.25) is 0 Å². The molecule has 0 aromatic carbocycles. The Morgan fingerprint density at radius 2 is 2.53 bits per heavy atom. The van der Waals surface area contributed by atoms with Gasteiger partial charge in [0.15, 0.2) is 5.82 Å². The Labute approximate surface area is 118 Å². The van der Waals surface area contributed by atoms with E-state index in [-0.39, 0.29) is 18.1 Å². The third-order valence-corrected chi connectivity index (χ3v) is 3.55. The van der Waals surface area contributed by atoms with Gasteiger partial charge in [0.05, 0.1) is 19.5 Å². The number of H-pyrrole nitrogens is 1. The van der Waals surface area contributed by atoms with Crippen molar-refractivity contribution in [2.75, 3.05) is 31.2 Å². The summed E-state index contributed by atoms with van der Waals surface area (Å²) in [6.07, 6.45) is 1.33. The highest BCUT2D eigenvalue weighted by atomic mass is 79.9. The highest BCUT2D eigenvalue weighted by Gasteiger charge is 2.31. The van der Waals surface area contributed by atoms with Gasteiger partial charge in [-0.2, -0.15) is 0 Å². The predicted octanol–water partition coefficient (Wildman–Crippen LogP) is -0.126. The fourth-order valence-electron chi connectivity index (χ4n) is 1.94. The number of hydrogen-bond donors (Lipinski definition) is 2. The van der Waals surface area contributed by atoms with Crippen LogP contribution in [-0.4, -0.2) is 48.2 Å². The molecule has 104 valence electrons. The number of morpholine rings is 1. The molecule has 7 nitrogen and oxygen atoms in total. The van der Waals surface area contributed by atoms with E-state index in [1.165, 1.54) is 6.33 Å². The topological polar surface area (TPSA) is 87.3 Å². The third kappa shape index (κ3) is 2.95. The zero-order valence-electron chi connectivity index (χ0n) is 10.5. The molecule has 1 aromatic heterocycles. The van der Waals surface area contributed by atoms with Gasteiger partial charge in [-0.25, -0.2) is 4.98 Å². The van der Waals surface area contributed by atoms with Crippen molar-refractivity contribution in [3.8, 4) is 0 Å². The number of likely N-dealkylation sites (N-methyl/N-ethyl adjacent to an activating group) is 1. The molecule has 1 aliphatic heterocycles. The molecule has 0 radical (unpaired) electrons. The van der Waals surface area contributed by atoms with E-state index < -0.39 is 6.04 Å². The van der Waals surface area contributed by atoms with Crippen LogP contribution in [0.25, 0.3) is 0 Å². The molecule has 8 heteroatoms. The molecular weight excluding hydrogens is 316 g/mol. The van der Waals surface area contributed by atoms with Crippen LogP contribution in [0.5, 0.6) is 0 Å². The maximum Gasteiger partial charge on any atom is 0.267 e. The molecule has 1 aromatic rings. The number of nitrogens with zero attached hydrogens (tertiary/aromatic N) is 2. The summed E-state index contributed by atoms with van der Waals surface area (Å²) >= 11 is 3.21. The summed E-state index contributed by atoms with van der Waals surface area (Å²) in [6, 6.07) is -0.473. The zero-order valence-corrected chi connectivity index (χ0v) is 12.1. The number of rotatable bonds is 3. The third-order valence-electron chi connectivity index (χ3n) is 2.83. The van der Waals surface area contributed by atoms with Crippen molar-refractivity contribution < 1.29 is 9.53 Å². The van der Waals surface area contributed by atoms with Crippen molar-refractivity contribution in [1.82, 2.24) is 15.3 Å². The lowest BCUT2D eigenvalue weighted by Crippen LogP contribution is -2.54. The maximum absolute atomic E-state index is 12.0. The first kappa shape index (κ1) is 14.0. The molecule has 0 spiro atoms. The number of hydrogen-bond acceptors (Lipinski definition) is 5. The summed E-state index contributed by atoms with van der Waals surface area (Å²) in [7, 11) is 0. The molecule has 0 aliphatic carbocycles. The molecule has 2 heterocycles. The van der Waals surface area contributed by atoms with Gasteiger partial charge < -0.3 is 19.9 Å². The van der Waals surface area contributed by atoms with Gasteiger partial charge in [0.2, 0.25) is 5.91 Å². The molecular formula is C11H15BrN4O3. The number of nitrogens with one attached hydrogen (secondary N) is 2. The number of carbonyl (C=O) groups excluding carboxylic acids is 1. The van der Waals surface area contributed by atoms with Crippen molar-refractivity contribution in [3.63, 3.8) is 0 Å². The number of aromatic nitrogens is 2. The van der Waals surface area contributed by atoms with Crippen LogP contribution in [0, 0.1) is 0 Å². The zero-order chi connectivity index (χ0) is 13.8. The van der Waals surface area contributed by atoms with Gasteiger partial charge >= 0.3 is 0 Å². The second kappa shape index (κ2) is 6.16. The number of anilines is 1. The summed E-state index contributed by atoms with van der Waals surface area (Å²) in [6.45, 7) is 3.70. The fraction of sp³-hybridized carbons (Fsp3) is 0.545. The number of carbonyl (C=O) groups is 1. The first-order chi connectivity index (χ1) is 9.15. The van der Waals surface area contributed by atoms with E-state index in [0.717, 1.165) is 0 Å². The fourth-order valence-corrected chi connectivity index (χ4v) is 2.38. The van der Waals surface area contributed by atoms with Gasteiger partial charge in [-0.1, -0.05) is 0 Å². The summed E-state index contributed by atoms with van der Waals surface area (Å²) in [5.74, 6) is 0.333. The van der Waals surface area contributed by atoms with Gasteiger partial charge in [0.1, 0.15) is 10.5 Å². The number of amides is 1. The average molecular weight is 331 g/mol. The molecule has 1 saturated heterocycles. The number of aromatic amines is 1. The lowest BCUT2D eigenvalue weighted by molar-refractivity contribution is -0.124. The lowest BCUT2D eigenvalue weighted by Gasteiger charge is -2.35.